The van der Waals surface area contributed by atoms with E-state index in [1.54, 1.807) is 6.19 Å². The third kappa shape index (κ3) is 4.57. The molecular formula is C6H9N3O2S. The molecule has 0 spiro atoms. The summed E-state index contributed by atoms with van der Waals surface area (Å²) in [7, 11) is 1.37. The molecule has 0 aromatic heterocycles. The molecule has 2 N–H and O–H groups in total. The predicted molar refractivity (Wildman–Crippen MR) is 45.0 cm³/mol. The molecule has 0 rings (SSSR count). The van der Waals surface area contributed by atoms with Crippen LogP contribution in [0, 0.1) is 11.5 Å². The number of thioether (sulfide) groups is 1. The van der Waals surface area contributed by atoms with Crippen molar-refractivity contribution < 1.29 is 9.59 Å². The fraction of sp³-hybridized carbons (Fsp3) is 0.500. The average molecular weight is 187 g/mol. The summed E-state index contributed by atoms with van der Waals surface area (Å²) in [6.07, 6.45) is 1.81. The van der Waals surface area contributed by atoms with Gasteiger partial charge in [0.1, 0.15) is 0 Å². The van der Waals surface area contributed by atoms with Gasteiger partial charge in [-0.25, -0.2) is 0 Å². The van der Waals surface area contributed by atoms with Crippen LogP contribution in [0.4, 0.5) is 4.79 Å². The van der Waals surface area contributed by atoms with Crippen molar-refractivity contribution in [2.24, 2.45) is 5.73 Å². The first-order valence-corrected chi connectivity index (χ1v) is 4.15. The molecule has 0 bridgehead atoms. The second-order valence-electron chi connectivity index (χ2n) is 1.97. The molecule has 6 heteroatoms. The molecule has 0 radical (unpaired) electrons. The monoisotopic (exact) mass is 187 g/mol. The summed E-state index contributed by atoms with van der Waals surface area (Å²) >= 11 is 0.869. The standard InChI is InChI=1S/C6H9N3O2S/c1-9(4-7)5(10)2-3-12-6(8)11/h2-3H2,1H3,(H2,8,11). The first-order valence-electron chi connectivity index (χ1n) is 3.16. The van der Waals surface area contributed by atoms with E-state index in [1.165, 1.54) is 7.05 Å². The van der Waals surface area contributed by atoms with Gasteiger partial charge in [-0.05, 0) is 0 Å². The second kappa shape index (κ2) is 5.43. The van der Waals surface area contributed by atoms with Crippen LogP contribution >= 0.6 is 11.8 Å². The lowest BCUT2D eigenvalue weighted by molar-refractivity contribution is -0.126. The molecule has 2 amide bonds. The zero-order valence-electron chi connectivity index (χ0n) is 6.61. The molecule has 0 aliphatic heterocycles. The van der Waals surface area contributed by atoms with Crippen molar-refractivity contribution in [1.29, 1.82) is 5.26 Å². The van der Waals surface area contributed by atoms with Gasteiger partial charge in [0.2, 0.25) is 5.91 Å². The predicted octanol–water partition coefficient (Wildman–Crippen LogP) is 0.128. The van der Waals surface area contributed by atoms with E-state index in [1.807, 2.05) is 0 Å². The highest BCUT2D eigenvalue weighted by molar-refractivity contribution is 8.13. The Morgan fingerprint density at radius 1 is 1.67 bits per heavy atom. The summed E-state index contributed by atoms with van der Waals surface area (Å²) in [5.74, 6) is 0.00597. The number of amides is 2. The van der Waals surface area contributed by atoms with Crippen LogP contribution in [-0.2, 0) is 4.79 Å². The highest BCUT2D eigenvalue weighted by Crippen LogP contribution is 2.02. The number of nitrogens with zero attached hydrogens (tertiary/aromatic N) is 2. The molecular weight excluding hydrogens is 178 g/mol. The van der Waals surface area contributed by atoms with E-state index in [0.29, 0.717) is 5.75 Å². The largest absolute Gasteiger partial charge is 0.361 e. The quantitative estimate of drug-likeness (QED) is 0.502. The van der Waals surface area contributed by atoms with Gasteiger partial charge < -0.3 is 5.73 Å². The molecule has 5 nitrogen and oxygen atoms in total. The molecule has 0 aromatic carbocycles. The number of hydrogen-bond donors (Lipinski definition) is 1. The molecule has 66 valence electrons. The van der Waals surface area contributed by atoms with E-state index in [0.717, 1.165) is 16.7 Å². The van der Waals surface area contributed by atoms with Crippen molar-refractivity contribution in [3.63, 3.8) is 0 Å². The van der Waals surface area contributed by atoms with Crippen molar-refractivity contribution in [2.45, 2.75) is 6.42 Å². The Kier molecular flexibility index (Phi) is 4.88. The SMILES string of the molecule is CN(C#N)C(=O)CCSC(N)=O. The number of primary amides is 1. The Labute approximate surface area is 74.5 Å². The summed E-state index contributed by atoms with van der Waals surface area (Å²) < 4.78 is 0. The van der Waals surface area contributed by atoms with Crippen molar-refractivity contribution in [1.82, 2.24) is 4.90 Å². The molecule has 0 saturated heterocycles. The summed E-state index contributed by atoms with van der Waals surface area (Å²) in [5.41, 5.74) is 4.82. The van der Waals surface area contributed by atoms with Crippen molar-refractivity contribution in [3.8, 4) is 6.19 Å². The zero-order chi connectivity index (χ0) is 9.56. The lowest BCUT2D eigenvalue weighted by Crippen LogP contribution is -2.21. The van der Waals surface area contributed by atoms with Gasteiger partial charge in [0, 0.05) is 19.2 Å². The third-order valence-corrected chi connectivity index (χ3v) is 1.78. The van der Waals surface area contributed by atoms with Gasteiger partial charge in [-0.3, -0.25) is 14.5 Å². The normalized spacial score (nSPS) is 8.67. The number of nitrogens with two attached hydrogens (primary N) is 1. The van der Waals surface area contributed by atoms with Gasteiger partial charge in [0.05, 0.1) is 0 Å². The fourth-order valence-corrected chi connectivity index (χ4v) is 0.940. The summed E-state index contributed by atoms with van der Waals surface area (Å²) in [4.78, 5) is 22.0. The molecule has 0 unspecified atom stereocenters. The minimum atomic E-state index is -0.512. The van der Waals surface area contributed by atoms with E-state index in [4.69, 9.17) is 11.0 Å². The summed E-state index contributed by atoms with van der Waals surface area (Å²) in [6, 6.07) is 0. The third-order valence-electron chi connectivity index (χ3n) is 1.08. The average Bonchev–Trinajstić information content (AvgIpc) is 2.02. The molecule has 12 heavy (non-hydrogen) atoms. The van der Waals surface area contributed by atoms with Crippen LogP contribution in [0.3, 0.4) is 0 Å². The van der Waals surface area contributed by atoms with Gasteiger partial charge in [-0.2, -0.15) is 5.26 Å². The van der Waals surface area contributed by atoms with Crippen LogP contribution in [-0.4, -0.2) is 28.8 Å². The summed E-state index contributed by atoms with van der Waals surface area (Å²) in [6.45, 7) is 0. The van der Waals surface area contributed by atoms with Crippen molar-refractivity contribution in [2.75, 3.05) is 12.8 Å². The number of carbonyl (C=O) groups is 2. The Hall–Kier alpha value is -1.22. The van der Waals surface area contributed by atoms with Crippen LogP contribution in [0.15, 0.2) is 0 Å². The molecule has 0 heterocycles. The maximum atomic E-state index is 10.9. The van der Waals surface area contributed by atoms with Crippen LogP contribution < -0.4 is 5.73 Å². The van der Waals surface area contributed by atoms with Gasteiger partial charge in [-0.1, -0.05) is 11.8 Å². The fourth-order valence-electron chi connectivity index (χ4n) is 0.462. The van der Waals surface area contributed by atoms with Crippen molar-refractivity contribution in [3.05, 3.63) is 0 Å². The van der Waals surface area contributed by atoms with Crippen LogP contribution in [0.2, 0.25) is 0 Å². The Morgan fingerprint density at radius 3 is 2.67 bits per heavy atom. The van der Waals surface area contributed by atoms with Gasteiger partial charge in [0.25, 0.3) is 5.24 Å². The Morgan fingerprint density at radius 2 is 2.25 bits per heavy atom. The van der Waals surface area contributed by atoms with E-state index in [9.17, 15) is 9.59 Å². The van der Waals surface area contributed by atoms with Crippen LogP contribution in [0.25, 0.3) is 0 Å². The molecule has 0 aliphatic rings. The van der Waals surface area contributed by atoms with Gasteiger partial charge >= 0.3 is 0 Å². The van der Waals surface area contributed by atoms with E-state index in [-0.39, 0.29) is 12.3 Å². The summed E-state index contributed by atoms with van der Waals surface area (Å²) in [5, 5.41) is 7.76. The number of nitriles is 1. The highest BCUT2D eigenvalue weighted by Gasteiger charge is 2.07. The Bertz CT molecular complexity index is 223. The minimum absolute atomic E-state index is 0.150. The minimum Gasteiger partial charge on any atom is -0.361 e. The lowest BCUT2D eigenvalue weighted by Gasteiger charge is -2.04. The van der Waals surface area contributed by atoms with Crippen LogP contribution in [0.5, 0.6) is 0 Å². The smallest absolute Gasteiger partial charge is 0.276 e. The number of hydrogen-bond acceptors (Lipinski definition) is 4. The molecule has 0 aromatic rings. The molecule has 0 fully saturated rings. The first-order chi connectivity index (χ1) is 5.57. The van der Waals surface area contributed by atoms with Crippen molar-refractivity contribution >= 4 is 22.9 Å². The number of carbonyl (C=O) groups excluding carboxylic acids is 2. The van der Waals surface area contributed by atoms with Gasteiger partial charge in [0.15, 0.2) is 6.19 Å². The van der Waals surface area contributed by atoms with E-state index < -0.39 is 5.24 Å². The zero-order valence-corrected chi connectivity index (χ0v) is 7.43. The highest BCUT2D eigenvalue weighted by atomic mass is 32.2. The topological polar surface area (TPSA) is 87.2 Å². The molecule has 0 aliphatic carbocycles. The maximum Gasteiger partial charge on any atom is 0.276 e. The lowest BCUT2D eigenvalue weighted by atomic mass is 10.4. The van der Waals surface area contributed by atoms with Gasteiger partial charge in [-0.15, -0.1) is 0 Å². The maximum absolute atomic E-state index is 10.9. The van der Waals surface area contributed by atoms with Crippen LogP contribution in [0.1, 0.15) is 6.42 Å². The second-order valence-corrected chi connectivity index (χ2v) is 3.07. The Balaban J connectivity index is 3.59. The number of rotatable bonds is 3. The molecule has 0 saturated carbocycles. The van der Waals surface area contributed by atoms with E-state index in [2.05, 4.69) is 0 Å². The first kappa shape index (κ1) is 10.8. The van der Waals surface area contributed by atoms with E-state index >= 15 is 0 Å². The molecule has 0 atom stereocenters.